The monoisotopic (exact) mass is 519 g/mol. The molecule has 0 heterocycles. The zero-order chi connectivity index (χ0) is 25.4. The number of amides is 2. The van der Waals surface area contributed by atoms with E-state index in [9.17, 15) is 18.0 Å². The van der Waals surface area contributed by atoms with E-state index in [1.54, 1.807) is 24.3 Å². The number of para-hydroxylation sites is 1. The van der Waals surface area contributed by atoms with Crippen LogP contribution in [0.3, 0.4) is 0 Å². The average molecular weight is 520 g/mol. The summed E-state index contributed by atoms with van der Waals surface area (Å²) in [5.41, 5.74) is 1.08. The summed E-state index contributed by atoms with van der Waals surface area (Å²) in [5, 5.41) is 3.35. The van der Waals surface area contributed by atoms with Crippen molar-refractivity contribution >= 4 is 39.1 Å². The molecular formula is C26H34ClN3O4S. The van der Waals surface area contributed by atoms with E-state index in [0.29, 0.717) is 6.42 Å². The second-order valence-electron chi connectivity index (χ2n) is 9.00. The standard InChI is InChI=1S/C26H34ClN3O4S/c1-3-23(26(32)28-21-14-8-5-9-15-21)29(18-20-12-6-4-7-13-20)25(31)19-30(35(2,33)34)24-17-11-10-16-22(24)27/h4,6-7,10-13,16-17,21,23H,3,5,8-9,14-15,18-19H2,1-2H3,(H,28,32). The lowest BCUT2D eigenvalue weighted by Crippen LogP contribution is -2.54. The minimum absolute atomic E-state index is 0.106. The molecule has 0 saturated heterocycles. The summed E-state index contributed by atoms with van der Waals surface area (Å²) in [6.45, 7) is 1.60. The molecule has 1 N–H and O–H groups in total. The number of rotatable bonds is 10. The number of sulfonamides is 1. The number of benzene rings is 2. The summed E-state index contributed by atoms with van der Waals surface area (Å²) >= 11 is 6.27. The molecule has 0 aliphatic heterocycles. The normalized spacial score (nSPS) is 15.3. The van der Waals surface area contributed by atoms with E-state index in [1.807, 2.05) is 37.3 Å². The van der Waals surface area contributed by atoms with Gasteiger partial charge in [-0.25, -0.2) is 8.42 Å². The maximum atomic E-state index is 13.7. The number of hydrogen-bond acceptors (Lipinski definition) is 4. The number of carbonyl (C=O) groups is 2. The van der Waals surface area contributed by atoms with Gasteiger partial charge in [0.05, 0.1) is 17.0 Å². The molecule has 1 saturated carbocycles. The van der Waals surface area contributed by atoms with Crippen molar-refractivity contribution in [3.05, 3.63) is 65.2 Å². The first-order valence-corrected chi connectivity index (χ1v) is 14.3. The Morgan fingerprint density at radius 3 is 2.26 bits per heavy atom. The molecule has 35 heavy (non-hydrogen) atoms. The van der Waals surface area contributed by atoms with Crippen molar-refractivity contribution in [3.8, 4) is 0 Å². The first-order chi connectivity index (χ1) is 16.7. The van der Waals surface area contributed by atoms with E-state index in [4.69, 9.17) is 11.6 Å². The fraction of sp³-hybridized carbons (Fsp3) is 0.462. The van der Waals surface area contributed by atoms with E-state index in [0.717, 1.165) is 41.8 Å². The van der Waals surface area contributed by atoms with Gasteiger partial charge in [0.15, 0.2) is 0 Å². The first kappa shape index (κ1) is 27.0. The van der Waals surface area contributed by atoms with Crippen LogP contribution in [0.15, 0.2) is 54.6 Å². The summed E-state index contributed by atoms with van der Waals surface area (Å²) in [6.07, 6.45) is 6.64. The van der Waals surface area contributed by atoms with E-state index in [2.05, 4.69) is 5.32 Å². The Kier molecular flexibility index (Phi) is 9.57. The smallest absolute Gasteiger partial charge is 0.244 e. The molecule has 0 radical (unpaired) electrons. The van der Waals surface area contributed by atoms with Crippen LogP contribution in [0.5, 0.6) is 0 Å². The molecule has 1 atom stereocenters. The highest BCUT2D eigenvalue weighted by Gasteiger charge is 2.33. The van der Waals surface area contributed by atoms with E-state index in [-0.39, 0.29) is 29.2 Å². The van der Waals surface area contributed by atoms with Crippen molar-refractivity contribution < 1.29 is 18.0 Å². The number of anilines is 1. The van der Waals surface area contributed by atoms with E-state index < -0.39 is 28.5 Å². The summed E-state index contributed by atoms with van der Waals surface area (Å²) < 4.78 is 26.3. The van der Waals surface area contributed by atoms with Crippen molar-refractivity contribution in [3.63, 3.8) is 0 Å². The predicted molar refractivity (Wildman–Crippen MR) is 140 cm³/mol. The van der Waals surface area contributed by atoms with Crippen molar-refractivity contribution in [2.24, 2.45) is 0 Å². The maximum Gasteiger partial charge on any atom is 0.244 e. The van der Waals surface area contributed by atoms with Crippen molar-refractivity contribution in [1.82, 2.24) is 10.2 Å². The van der Waals surface area contributed by atoms with Gasteiger partial charge in [-0.05, 0) is 37.0 Å². The van der Waals surface area contributed by atoms with Crippen LogP contribution in [0.25, 0.3) is 0 Å². The molecule has 2 amide bonds. The van der Waals surface area contributed by atoms with Gasteiger partial charge in [-0.3, -0.25) is 13.9 Å². The van der Waals surface area contributed by atoms with Crippen molar-refractivity contribution in [1.29, 1.82) is 0 Å². The van der Waals surface area contributed by atoms with Crippen LogP contribution < -0.4 is 9.62 Å². The van der Waals surface area contributed by atoms with Gasteiger partial charge in [-0.15, -0.1) is 0 Å². The molecule has 0 aromatic heterocycles. The second kappa shape index (κ2) is 12.4. The number of halogens is 1. The maximum absolute atomic E-state index is 13.7. The minimum Gasteiger partial charge on any atom is -0.352 e. The molecule has 2 aromatic carbocycles. The molecule has 1 aliphatic rings. The van der Waals surface area contributed by atoms with Gasteiger partial charge in [0, 0.05) is 12.6 Å². The van der Waals surface area contributed by atoms with Crippen LogP contribution >= 0.6 is 11.6 Å². The largest absolute Gasteiger partial charge is 0.352 e. The number of nitrogens with zero attached hydrogens (tertiary/aromatic N) is 2. The Morgan fingerprint density at radius 2 is 1.66 bits per heavy atom. The van der Waals surface area contributed by atoms with Crippen LogP contribution in [-0.4, -0.2) is 50.0 Å². The summed E-state index contributed by atoms with van der Waals surface area (Å²) in [7, 11) is -3.82. The molecular weight excluding hydrogens is 486 g/mol. The molecule has 190 valence electrons. The van der Waals surface area contributed by atoms with Gasteiger partial charge in [-0.1, -0.05) is 80.3 Å². The van der Waals surface area contributed by atoms with E-state index >= 15 is 0 Å². The summed E-state index contributed by atoms with van der Waals surface area (Å²) in [6, 6.07) is 15.3. The molecule has 0 bridgehead atoms. The molecule has 1 fully saturated rings. The van der Waals surface area contributed by atoms with Gasteiger partial charge in [0.2, 0.25) is 21.8 Å². The van der Waals surface area contributed by atoms with E-state index in [1.165, 1.54) is 11.3 Å². The van der Waals surface area contributed by atoms with Crippen molar-refractivity contribution in [2.45, 2.75) is 64.1 Å². The third-order valence-corrected chi connectivity index (χ3v) is 7.78. The predicted octanol–water partition coefficient (Wildman–Crippen LogP) is 4.36. The number of nitrogens with one attached hydrogen (secondary N) is 1. The lowest BCUT2D eigenvalue weighted by Gasteiger charge is -2.34. The topological polar surface area (TPSA) is 86.8 Å². The third-order valence-electron chi connectivity index (χ3n) is 6.33. The molecule has 1 unspecified atom stereocenters. The lowest BCUT2D eigenvalue weighted by molar-refractivity contribution is -0.140. The average Bonchev–Trinajstić information content (AvgIpc) is 2.83. The van der Waals surface area contributed by atoms with Crippen LogP contribution in [0.1, 0.15) is 51.0 Å². The number of hydrogen-bond donors (Lipinski definition) is 1. The van der Waals surface area contributed by atoms with Crippen LogP contribution in [0.2, 0.25) is 5.02 Å². The quantitative estimate of drug-likeness (QED) is 0.505. The zero-order valence-corrected chi connectivity index (χ0v) is 21.9. The van der Waals surface area contributed by atoms with Gasteiger partial charge >= 0.3 is 0 Å². The van der Waals surface area contributed by atoms with Gasteiger partial charge in [0.1, 0.15) is 12.6 Å². The Labute approximate surface area is 213 Å². The van der Waals surface area contributed by atoms with Crippen LogP contribution in [0.4, 0.5) is 5.69 Å². The Morgan fingerprint density at radius 1 is 1.03 bits per heavy atom. The molecule has 3 rings (SSSR count). The third kappa shape index (κ3) is 7.45. The molecule has 9 heteroatoms. The Bertz CT molecular complexity index is 1100. The molecule has 1 aliphatic carbocycles. The number of carbonyl (C=O) groups excluding carboxylic acids is 2. The molecule has 7 nitrogen and oxygen atoms in total. The Hall–Kier alpha value is -2.58. The van der Waals surface area contributed by atoms with Crippen molar-refractivity contribution in [2.75, 3.05) is 17.1 Å². The molecule has 0 spiro atoms. The van der Waals surface area contributed by atoms with Crippen LogP contribution in [-0.2, 0) is 26.2 Å². The van der Waals surface area contributed by atoms with Crippen LogP contribution in [0, 0.1) is 0 Å². The highest BCUT2D eigenvalue weighted by Crippen LogP contribution is 2.27. The SMILES string of the molecule is CCC(C(=O)NC1CCCCC1)N(Cc1ccccc1)C(=O)CN(c1ccccc1Cl)S(C)(=O)=O. The van der Waals surface area contributed by atoms with Gasteiger partial charge in [-0.2, -0.15) is 0 Å². The summed E-state index contributed by atoms with van der Waals surface area (Å²) in [5.74, 6) is -0.669. The fourth-order valence-electron chi connectivity index (χ4n) is 4.49. The Balaban J connectivity index is 1.90. The second-order valence-corrected chi connectivity index (χ2v) is 11.3. The van der Waals surface area contributed by atoms with Gasteiger partial charge in [0.25, 0.3) is 0 Å². The molecule has 2 aromatic rings. The fourth-order valence-corrected chi connectivity index (χ4v) is 5.64. The zero-order valence-electron chi connectivity index (χ0n) is 20.3. The highest BCUT2D eigenvalue weighted by atomic mass is 35.5. The first-order valence-electron chi connectivity index (χ1n) is 12.1. The highest BCUT2D eigenvalue weighted by molar-refractivity contribution is 7.92. The lowest BCUT2D eigenvalue weighted by atomic mass is 9.95. The summed E-state index contributed by atoms with van der Waals surface area (Å²) in [4.78, 5) is 28.5. The minimum atomic E-state index is -3.82. The van der Waals surface area contributed by atoms with Gasteiger partial charge < -0.3 is 10.2 Å².